The molecule has 6 heteroatoms. The van der Waals surface area contributed by atoms with Gasteiger partial charge in [-0.05, 0) is 39.3 Å². The number of hydrogen-bond acceptors (Lipinski definition) is 4. The van der Waals surface area contributed by atoms with E-state index in [9.17, 15) is 4.39 Å². The van der Waals surface area contributed by atoms with Gasteiger partial charge in [-0.15, -0.1) is 0 Å². The lowest BCUT2D eigenvalue weighted by molar-refractivity contribution is 0.00578. The van der Waals surface area contributed by atoms with Gasteiger partial charge in [0.25, 0.3) is 0 Å². The molecule has 1 aliphatic rings. The van der Waals surface area contributed by atoms with Gasteiger partial charge in [-0.3, -0.25) is 0 Å². The molecule has 108 valence electrons. The second-order valence-corrected chi connectivity index (χ2v) is 5.91. The smallest absolute Gasteiger partial charge is 0.400 e. The third-order valence-electron chi connectivity index (χ3n) is 3.86. The molecule has 1 aliphatic heterocycles. The van der Waals surface area contributed by atoms with Crippen LogP contribution in [0.3, 0.4) is 0 Å². The molecular weight excluding hydrogens is 258 g/mol. The van der Waals surface area contributed by atoms with Crippen molar-refractivity contribution in [2.75, 3.05) is 0 Å². The number of nitrogens with two attached hydrogens (primary N) is 1. The van der Waals surface area contributed by atoms with Crippen LogP contribution in [0.1, 0.15) is 38.8 Å². The molecular formula is C14H20BFN2O2. The van der Waals surface area contributed by atoms with Gasteiger partial charge >= 0.3 is 7.12 Å². The van der Waals surface area contributed by atoms with Crippen molar-refractivity contribution in [1.82, 2.24) is 4.98 Å². The van der Waals surface area contributed by atoms with Crippen LogP contribution >= 0.6 is 0 Å². The Morgan fingerprint density at radius 2 is 1.90 bits per heavy atom. The van der Waals surface area contributed by atoms with Gasteiger partial charge in [0.05, 0.1) is 11.2 Å². The van der Waals surface area contributed by atoms with Crippen LogP contribution in [0.5, 0.6) is 0 Å². The molecule has 0 radical (unpaired) electrons. The number of aromatic nitrogens is 1. The van der Waals surface area contributed by atoms with E-state index in [4.69, 9.17) is 15.0 Å². The number of pyridine rings is 1. The second kappa shape index (κ2) is 5.28. The molecule has 0 amide bonds. The summed E-state index contributed by atoms with van der Waals surface area (Å²) in [6, 6.07) is 1.67. The maximum Gasteiger partial charge on any atom is 0.487 e. The van der Waals surface area contributed by atoms with Crippen LogP contribution in [0.2, 0.25) is 0 Å². The molecule has 20 heavy (non-hydrogen) atoms. The Morgan fingerprint density at radius 3 is 2.45 bits per heavy atom. The average molecular weight is 278 g/mol. The van der Waals surface area contributed by atoms with E-state index in [0.29, 0.717) is 12.1 Å². The molecule has 0 atom stereocenters. The minimum absolute atomic E-state index is 0.324. The summed E-state index contributed by atoms with van der Waals surface area (Å²) in [5, 5.41) is 0. The zero-order valence-electron chi connectivity index (χ0n) is 12.3. The molecule has 1 fully saturated rings. The predicted molar refractivity (Wildman–Crippen MR) is 77.2 cm³/mol. The van der Waals surface area contributed by atoms with E-state index in [1.807, 2.05) is 27.7 Å². The number of hydrogen-bond donors (Lipinski definition) is 1. The lowest BCUT2D eigenvalue weighted by Crippen LogP contribution is -2.41. The van der Waals surface area contributed by atoms with Crippen molar-refractivity contribution in [3.05, 3.63) is 35.3 Å². The monoisotopic (exact) mass is 278 g/mol. The summed E-state index contributed by atoms with van der Waals surface area (Å²) in [6.07, 6.45) is 3.05. The van der Waals surface area contributed by atoms with Crippen molar-refractivity contribution in [2.24, 2.45) is 5.73 Å². The number of nitrogens with zero attached hydrogens (tertiary/aromatic N) is 1. The van der Waals surface area contributed by atoms with Crippen LogP contribution in [0, 0.1) is 5.95 Å². The van der Waals surface area contributed by atoms with Crippen molar-refractivity contribution < 1.29 is 13.7 Å². The summed E-state index contributed by atoms with van der Waals surface area (Å²) >= 11 is 0. The van der Waals surface area contributed by atoms with E-state index in [1.54, 1.807) is 18.1 Å². The van der Waals surface area contributed by atoms with E-state index < -0.39 is 24.3 Å². The lowest BCUT2D eigenvalue weighted by atomic mass is 9.89. The van der Waals surface area contributed by atoms with Crippen LogP contribution in [0.4, 0.5) is 4.39 Å². The zero-order valence-corrected chi connectivity index (χ0v) is 12.3. The number of rotatable bonds is 3. The van der Waals surface area contributed by atoms with Crippen molar-refractivity contribution in [2.45, 2.75) is 45.4 Å². The zero-order chi connectivity index (χ0) is 15.0. The largest absolute Gasteiger partial charge is 0.487 e. The Hall–Kier alpha value is -1.24. The van der Waals surface area contributed by atoms with E-state index >= 15 is 0 Å². The van der Waals surface area contributed by atoms with Crippen molar-refractivity contribution in [3.8, 4) is 0 Å². The Kier molecular flexibility index (Phi) is 4.00. The lowest BCUT2D eigenvalue weighted by Gasteiger charge is -2.32. The van der Waals surface area contributed by atoms with E-state index in [1.165, 1.54) is 6.20 Å². The molecule has 1 saturated heterocycles. The van der Waals surface area contributed by atoms with Gasteiger partial charge < -0.3 is 15.0 Å². The van der Waals surface area contributed by atoms with E-state index in [0.717, 1.165) is 5.56 Å². The SMILES string of the molecule is CC1(C)OB(/C=C/c2cc(CN)cnc2F)OC1(C)C. The van der Waals surface area contributed by atoms with Gasteiger partial charge in [0, 0.05) is 18.3 Å². The third kappa shape index (κ3) is 2.92. The first-order valence-corrected chi connectivity index (χ1v) is 6.63. The topological polar surface area (TPSA) is 57.4 Å². The van der Waals surface area contributed by atoms with Crippen LogP contribution in [-0.2, 0) is 15.9 Å². The van der Waals surface area contributed by atoms with E-state index in [2.05, 4.69) is 4.98 Å². The Labute approximate surface area is 119 Å². The highest BCUT2D eigenvalue weighted by Crippen LogP contribution is 2.37. The Balaban J connectivity index is 2.15. The molecule has 2 heterocycles. The number of halogens is 1. The molecule has 0 aromatic carbocycles. The van der Waals surface area contributed by atoms with Crippen molar-refractivity contribution in [3.63, 3.8) is 0 Å². The first kappa shape index (κ1) is 15.2. The van der Waals surface area contributed by atoms with Crippen LogP contribution in [0.25, 0.3) is 6.08 Å². The molecule has 0 spiro atoms. The molecule has 1 aromatic heterocycles. The fourth-order valence-electron chi connectivity index (χ4n) is 1.89. The molecule has 2 N–H and O–H groups in total. The molecule has 0 saturated carbocycles. The summed E-state index contributed by atoms with van der Waals surface area (Å²) in [6.45, 7) is 8.21. The van der Waals surface area contributed by atoms with Crippen LogP contribution < -0.4 is 5.73 Å². The first-order chi connectivity index (χ1) is 9.25. The van der Waals surface area contributed by atoms with Gasteiger partial charge in [0.15, 0.2) is 0 Å². The molecule has 0 aliphatic carbocycles. The minimum Gasteiger partial charge on any atom is -0.400 e. The van der Waals surface area contributed by atoms with Gasteiger partial charge in [0.2, 0.25) is 5.95 Å². The normalized spacial score (nSPS) is 20.8. The van der Waals surface area contributed by atoms with Crippen molar-refractivity contribution >= 4 is 13.2 Å². The first-order valence-electron chi connectivity index (χ1n) is 6.63. The summed E-state index contributed by atoms with van der Waals surface area (Å²) in [5.41, 5.74) is 5.87. The van der Waals surface area contributed by atoms with Gasteiger partial charge in [-0.25, -0.2) is 4.98 Å². The summed E-state index contributed by atoms with van der Waals surface area (Å²) < 4.78 is 25.2. The Bertz CT molecular complexity index is 516. The molecule has 0 bridgehead atoms. The summed E-state index contributed by atoms with van der Waals surface area (Å²) in [5.74, 6) is 1.16. The van der Waals surface area contributed by atoms with Crippen LogP contribution in [-0.4, -0.2) is 23.3 Å². The standard InChI is InChI=1S/C14H20BFN2O2/c1-13(2)14(3,4)20-15(19-13)6-5-11-7-10(8-17)9-18-12(11)16/h5-7,9H,8,17H2,1-4H3/b6-5+. The summed E-state index contributed by atoms with van der Waals surface area (Å²) in [7, 11) is -0.499. The van der Waals surface area contributed by atoms with Gasteiger partial charge in [-0.1, -0.05) is 12.1 Å². The third-order valence-corrected chi connectivity index (χ3v) is 3.86. The molecule has 0 unspecified atom stereocenters. The highest BCUT2D eigenvalue weighted by Gasteiger charge is 2.50. The maximum absolute atomic E-state index is 13.6. The van der Waals surface area contributed by atoms with Crippen molar-refractivity contribution in [1.29, 1.82) is 0 Å². The molecule has 2 rings (SSSR count). The fraction of sp³-hybridized carbons (Fsp3) is 0.500. The maximum atomic E-state index is 13.6. The Morgan fingerprint density at radius 1 is 1.30 bits per heavy atom. The highest BCUT2D eigenvalue weighted by atomic mass is 19.1. The van der Waals surface area contributed by atoms with Crippen LogP contribution in [0.15, 0.2) is 18.2 Å². The second-order valence-electron chi connectivity index (χ2n) is 5.91. The summed E-state index contributed by atoms with van der Waals surface area (Å²) in [4.78, 5) is 3.67. The highest BCUT2D eigenvalue weighted by molar-refractivity contribution is 6.52. The quantitative estimate of drug-likeness (QED) is 0.681. The average Bonchev–Trinajstić information content (AvgIpc) is 2.57. The predicted octanol–water partition coefficient (Wildman–Crippen LogP) is 2.32. The van der Waals surface area contributed by atoms with E-state index in [-0.39, 0.29) is 0 Å². The minimum atomic E-state index is -0.532. The molecule has 1 aromatic rings. The molecule has 4 nitrogen and oxygen atoms in total. The van der Waals surface area contributed by atoms with Gasteiger partial charge in [-0.2, -0.15) is 4.39 Å². The van der Waals surface area contributed by atoms with Gasteiger partial charge in [0.1, 0.15) is 0 Å². The fourth-order valence-corrected chi connectivity index (χ4v) is 1.89.